The van der Waals surface area contributed by atoms with Gasteiger partial charge >= 0.3 is 11.9 Å². The Hall–Kier alpha value is -2.04. The SMILES string of the molecule is CCOC(=O)c1cccc(CCC(=O)O)c1N. The van der Waals surface area contributed by atoms with Crippen LogP contribution in [0.25, 0.3) is 0 Å². The number of aliphatic carboxylic acids is 1. The van der Waals surface area contributed by atoms with Gasteiger partial charge in [-0.05, 0) is 25.0 Å². The van der Waals surface area contributed by atoms with E-state index in [1.54, 1.807) is 25.1 Å². The van der Waals surface area contributed by atoms with E-state index in [0.29, 0.717) is 17.7 Å². The highest BCUT2D eigenvalue weighted by Gasteiger charge is 2.13. The van der Waals surface area contributed by atoms with Crippen molar-refractivity contribution in [2.24, 2.45) is 0 Å². The molecule has 0 radical (unpaired) electrons. The molecule has 0 saturated heterocycles. The van der Waals surface area contributed by atoms with Crippen molar-refractivity contribution in [3.63, 3.8) is 0 Å². The van der Waals surface area contributed by atoms with E-state index in [0.717, 1.165) is 0 Å². The number of nitrogen functional groups attached to an aromatic ring is 1. The third kappa shape index (κ3) is 3.48. The van der Waals surface area contributed by atoms with Crippen molar-refractivity contribution in [2.75, 3.05) is 12.3 Å². The van der Waals surface area contributed by atoms with E-state index in [9.17, 15) is 9.59 Å². The minimum absolute atomic E-state index is 0.0174. The van der Waals surface area contributed by atoms with E-state index < -0.39 is 11.9 Å². The first-order valence-corrected chi connectivity index (χ1v) is 5.32. The topological polar surface area (TPSA) is 89.6 Å². The van der Waals surface area contributed by atoms with E-state index in [4.69, 9.17) is 15.6 Å². The second-order valence-corrected chi connectivity index (χ2v) is 3.49. The minimum atomic E-state index is -0.897. The highest BCUT2D eigenvalue weighted by Crippen LogP contribution is 2.20. The molecule has 0 amide bonds. The Morgan fingerprint density at radius 3 is 2.71 bits per heavy atom. The zero-order valence-electron chi connectivity index (χ0n) is 9.60. The van der Waals surface area contributed by atoms with Crippen molar-refractivity contribution >= 4 is 17.6 Å². The molecule has 1 aromatic rings. The average Bonchev–Trinajstić information content (AvgIpc) is 2.27. The predicted octanol–water partition coefficient (Wildman–Crippen LogP) is 1.46. The molecule has 0 aromatic heterocycles. The van der Waals surface area contributed by atoms with Crippen LogP contribution in [0.2, 0.25) is 0 Å². The van der Waals surface area contributed by atoms with Crippen LogP contribution in [0.1, 0.15) is 29.3 Å². The van der Waals surface area contributed by atoms with Crippen molar-refractivity contribution in [1.29, 1.82) is 0 Å². The Bertz CT molecular complexity index is 429. The number of anilines is 1. The maximum Gasteiger partial charge on any atom is 0.340 e. The van der Waals surface area contributed by atoms with Gasteiger partial charge in [0, 0.05) is 12.1 Å². The molecule has 0 aliphatic heterocycles. The maximum absolute atomic E-state index is 11.5. The van der Waals surface area contributed by atoms with Crippen LogP contribution >= 0.6 is 0 Å². The number of carbonyl (C=O) groups is 2. The summed E-state index contributed by atoms with van der Waals surface area (Å²) in [5.74, 6) is -1.38. The molecule has 5 nitrogen and oxygen atoms in total. The Labute approximate surface area is 99.2 Å². The summed E-state index contributed by atoms with van der Waals surface area (Å²) in [4.78, 5) is 22.0. The molecule has 17 heavy (non-hydrogen) atoms. The fraction of sp³-hybridized carbons (Fsp3) is 0.333. The smallest absolute Gasteiger partial charge is 0.340 e. The zero-order valence-corrected chi connectivity index (χ0v) is 9.60. The van der Waals surface area contributed by atoms with E-state index in [1.165, 1.54) is 0 Å². The van der Waals surface area contributed by atoms with Crippen LogP contribution in [-0.2, 0) is 16.0 Å². The number of para-hydroxylation sites is 1. The fourth-order valence-corrected chi connectivity index (χ4v) is 1.46. The molecule has 0 saturated carbocycles. The first-order chi connectivity index (χ1) is 8.06. The molecule has 0 unspecified atom stereocenters. The molecule has 3 N–H and O–H groups in total. The molecular formula is C12H15NO4. The number of benzene rings is 1. The molecule has 1 rings (SSSR count). The molecule has 0 fully saturated rings. The van der Waals surface area contributed by atoms with Crippen molar-refractivity contribution in [3.8, 4) is 0 Å². The minimum Gasteiger partial charge on any atom is -0.481 e. The van der Waals surface area contributed by atoms with Crippen LogP contribution in [-0.4, -0.2) is 23.7 Å². The summed E-state index contributed by atoms with van der Waals surface area (Å²) in [6, 6.07) is 4.94. The van der Waals surface area contributed by atoms with Gasteiger partial charge in [-0.1, -0.05) is 12.1 Å². The van der Waals surface area contributed by atoms with Gasteiger partial charge in [0.1, 0.15) is 0 Å². The number of hydrogen-bond donors (Lipinski definition) is 2. The lowest BCUT2D eigenvalue weighted by atomic mass is 10.0. The lowest BCUT2D eigenvalue weighted by Crippen LogP contribution is -2.10. The number of carbonyl (C=O) groups excluding carboxylic acids is 1. The highest BCUT2D eigenvalue weighted by atomic mass is 16.5. The van der Waals surface area contributed by atoms with Crippen LogP contribution < -0.4 is 5.73 Å². The number of aryl methyl sites for hydroxylation is 1. The van der Waals surface area contributed by atoms with Crippen LogP contribution in [0, 0.1) is 0 Å². The summed E-state index contributed by atoms with van der Waals surface area (Å²) in [5, 5.41) is 8.60. The van der Waals surface area contributed by atoms with E-state index >= 15 is 0 Å². The molecule has 0 aliphatic rings. The zero-order chi connectivity index (χ0) is 12.8. The number of nitrogens with two attached hydrogens (primary N) is 1. The van der Waals surface area contributed by atoms with Gasteiger partial charge in [-0.2, -0.15) is 0 Å². The second-order valence-electron chi connectivity index (χ2n) is 3.49. The highest BCUT2D eigenvalue weighted by molar-refractivity contribution is 5.95. The molecule has 0 heterocycles. The van der Waals surface area contributed by atoms with E-state index in [2.05, 4.69) is 0 Å². The molecule has 5 heteroatoms. The Morgan fingerprint density at radius 2 is 2.12 bits per heavy atom. The van der Waals surface area contributed by atoms with E-state index in [1.807, 2.05) is 0 Å². The quantitative estimate of drug-likeness (QED) is 0.597. The number of esters is 1. The van der Waals surface area contributed by atoms with Crippen molar-refractivity contribution in [2.45, 2.75) is 19.8 Å². The summed E-state index contributed by atoms with van der Waals surface area (Å²) in [6.07, 6.45) is 0.283. The van der Waals surface area contributed by atoms with Crippen molar-refractivity contribution < 1.29 is 19.4 Å². The molecule has 1 aromatic carbocycles. The van der Waals surface area contributed by atoms with Gasteiger partial charge in [-0.25, -0.2) is 4.79 Å². The molecule has 0 spiro atoms. The summed E-state index contributed by atoms with van der Waals surface area (Å²) >= 11 is 0. The van der Waals surface area contributed by atoms with Gasteiger partial charge < -0.3 is 15.6 Å². The standard InChI is InChI=1S/C12H15NO4/c1-2-17-12(16)9-5-3-4-8(11(9)13)6-7-10(14)15/h3-5H,2,6-7,13H2,1H3,(H,14,15). The third-order valence-corrected chi connectivity index (χ3v) is 2.30. The summed E-state index contributed by atoms with van der Waals surface area (Å²) in [5.41, 5.74) is 7.04. The monoisotopic (exact) mass is 237 g/mol. The summed E-state index contributed by atoms with van der Waals surface area (Å²) in [6.45, 7) is 1.99. The number of rotatable bonds is 5. The van der Waals surface area contributed by atoms with Crippen LogP contribution in [0.3, 0.4) is 0 Å². The second kappa shape index (κ2) is 5.89. The average molecular weight is 237 g/mol. The largest absolute Gasteiger partial charge is 0.481 e. The molecule has 92 valence electrons. The number of carboxylic acid groups (broad SMARTS) is 1. The van der Waals surface area contributed by atoms with Gasteiger partial charge in [-0.3, -0.25) is 4.79 Å². The van der Waals surface area contributed by atoms with Crippen molar-refractivity contribution in [1.82, 2.24) is 0 Å². The number of ether oxygens (including phenoxy) is 1. The van der Waals surface area contributed by atoms with E-state index in [-0.39, 0.29) is 18.6 Å². The first-order valence-electron chi connectivity index (χ1n) is 5.32. The van der Waals surface area contributed by atoms with Crippen molar-refractivity contribution in [3.05, 3.63) is 29.3 Å². The van der Waals surface area contributed by atoms with Crippen LogP contribution in [0.4, 0.5) is 5.69 Å². The summed E-state index contributed by atoms with van der Waals surface area (Å²) in [7, 11) is 0. The molecule has 0 bridgehead atoms. The van der Waals surface area contributed by atoms with Gasteiger partial charge in [0.05, 0.1) is 12.2 Å². The molecule has 0 atom stereocenters. The third-order valence-electron chi connectivity index (χ3n) is 2.30. The first kappa shape index (κ1) is 13.0. The molecule has 0 aliphatic carbocycles. The maximum atomic E-state index is 11.5. The fourth-order valence-electron chi connectivity index (χ4n) is 1.46. The number of carboxylic acids is 1. The van der Waals surface area contributed by atoms with Crippen LogP contribution in [0.15, 0.2) is 18.2 Å². The Kier molecular flexibility index (Phi) is 4.51. The summed E-state index contributed by atoms with van der Waals surface area (Å²) < 4.78 is 4.85. The van der Waals surface area contributed by atoms with Gasteiger partial charge in [0.25, 0.3) is 0 Å². The normalized spacial score (nSPS) is 9.94. The van der Waals surface area contributed by atoms with Gasteiger partial charge in [-0.15, -0.1) is 0 Å². The van der Waals surface area contributed by atoms with Crippen LogP contribution in [0.5, 0.6) is 0 Å². The van der Waals surface area contributed by atoms with Gasteiger partial charge in [0.2, 0.25) is 0 Å². The lowest BCUT2D eigenvalue weighted by molar-refractivity contribution is -0.136. The predicted molar refractivity (Wildman–Crippen MR) is 62.8 cm³/mol. The molecular weight excluding hydrogens is 222 g/mol. The van der Waals surface area contributed by atoms with Gasteiger partial charge in [0.15, 0.2) is 0 Å². The Balaban J connectivity index is 2.90. The number of hydrogen-bond acceptors (Lipinski definition) is 4. The Morgan fingerprint density at radius 1 is 1.41 bits per heavy atom. The lowest BCUT2D eigenvalue weighted by Gasteiger charge is -2.09.